The van der Waals surface area contributed by atoms with Crippen LogP contribution in [-0.2, 0) is 11.0 Å². The van der Waals surface area contributed by atoms with Crippen LogP contribution in [0, 0.1) is 0 Å². The van der Waals surface area contributed by atoms with Crippen molar-refractivity contribution in [3.63, 3.8) is 0 Å². The summed E-state index contributed by atoms with van der Waals surface area (Å²) in [7, 11) is 0. The van der Waals surface area contributed by atoms with Gasteiger partial charge in [0.25, 0.3) is 11.8 Å². The lowest BCUT2D eigenvalue weighted by Crippen LogP contribution is -2.45. The number of halogens is 5. The maximum absolute atomic E-state index is 13.7. The minimum absolute atomic E-state index is 0.0984. The van der Waals surface area contributed by atoms with Gasteiger partial charge in [0.15, 0.2) is 0 Å². The third-order valence-electron chi connectivity index (χ3n) is 7.02. The Kier molecular flexibility index (Phi) is 8.34. The number of nitrogens with one attached hydrogen (secondary N) is 1. The smallest absolute Gasteiger partial charge is 0.418 e. The van der Waals surface area contributed by atoms with Crippen molar-refractivity contribution in [3.05, 3.63) is 41.5 Å². The Hall–Kier alpha value is -3.09. The van der Waals surface area contributed by atoms with Crippen LogP contribution in [0.25, 0.3) is 5.69 Å². The van der Waals surface area contributed by atoms with Gasteiger partial charge in [0, 0.05) is 24.9 Å². The highest BCUT2D eigenvalue weighted by Crippen LogP contribution is 2.38. The van der Waals surface area contributed by atoms with Crippen molar-refractivity contribution < 1.29 is 36.6 Å². The monoisotopic (exact) mass is 543 g/mol. The van der Waals surface area contributed by atoms with Crippen LogP contribution in [0.1, 0.15) is 79.3 Å². The molecule has 0 radical (unpaired) electrons. The molecule has 2 N–H and O–H groups in total. The molecule has 2 heterocycles. The topological polar surface area (TPSA) is 100 Å². The summed E-state index contributed by atoms with van der Waals surface area (Å²) in [5, 5.41) is 16.0. The van der Waals surface area contributed by atoms with Crippen LogP contribution >= 0.6 is 0 Å². The van der Waals surface area contributed by atoms with Crippen LogP contribution < -0.4 is 5.32 Å². The molecule has 13 heteroatoms. The van der Waals surface area contributed by atoms with Gasteiger partial charge in [-0.1, -0.05) is 25.0 Å². The van der Waals surface area contributed by atoms with Crippen LogP contribution in [0.15, 0.2) is 24.3 Å². The van der Waals surface area contributed by atoms with E-state index in [0.29, 0.717) is 25.8 Å². The van der Waals surface area contributed by atoms with Crippen LogP contribution in [0.3, 0.4) is 0 Å². The minimum atomic E-state index is -4.66. The quantitative estimate of drug-likeness (QED) is 0.447. The van der Waals surface area contributed by atoms with E-state index in [4.69, 9.17) is 0 Å². The van der Waals surface area contributed by atoms with Gasteiger partial charge in [-0.25, -0.2) is 18.4 Å². The first-order chi connectivity index (χ1) is 17.9. The summed E-state index contributed by atoms with van der Waals surface area (Å²) in [6, 6.07) is 4.00. The fourth-order valence-electron chi connectivity index (χ4n) is 5.21. The first-order valence-corrected chi connectivity index (χ1v) is 12.7. The number of carboxylic acid groups (broad SMARTS) is 1. The van der Waals surface area contributed by atoms with Crippen molar-refractivity contribution in [2.75, 3.05) is 19.6 Å². The number of aromatic nitrogens is 3. The highest BCUT2D eigenvalue weighted by Gasteiger charge is 2.37. The maximum Gasteiger partial charge on any atom is 0.418 e. The Labute approximate surface area is 216 Å². The summed E-state index contributed by atoms with van der Waals surface area (Å²) in [6.07, 6.45) is -1.78. The lowest BCUT2D eigenvalue weighted by atomic mass is 10.1. The lowest BCUT2D eigenvalue weighted by molar-refractivity contribution is -0.138. The lowest BCUT2D eigenvalue weighted by Gasteiger charge is -2.33. The largest absolute Gasteiger partial charge is 0.481 e. The molecule has 1 saturated carbocycles. The average Bonchev–Trinajstić information content (AvgIpc) is 3.51. The number of benzene rings is 1. The maximum atomic E-state index is 13.7. The van der Waals surface area contributed by atoms with E-state index in [0.717, 1.165) is 23.6 Å². The van der Waals surface area contributed by atoms with Gasteiger partial charge in [0.1, 0.15) is 5.82 Å². The number of amides is 1. The molecule has 8 nitrogen and oxygen atoms in total. The molecule has 1 saturated heterocycles. The number of hydrogen-bond acceptors (Lipinski definition) is 5. The van der Waals surface area contributed by atoms with Gasteiger partial charge in [-0.2, -0.15) is 13.2 Å². The second-order valence-electron chi connectivity index (χ2n) is 9.99. The second kappa shape index (κ2) is 11.3. The molecule has 1 amide bonds. The van der Waals surface area contributed by atoms with Gasteiger partial charge >= 0.3 is 12.1 Å². The highest BCUT2D eigenvalue weighted by molar-refractivity contribution is 5.91. The molecule has 1 aliphatic heterocycles. The van der Waals surface area contributed by atoms with E-state index in [-0.39, 0.29) is 42.6 Å². The zero-order valence-corrected chi connectivity index (χ0v) is 20.7. The van der Waals surface area contributed by atoms with Gasteiger partial charge < -0.3 is 10.4 Å². The number of aliphatic carboxylic acids is 1. The molecule has 1 aliphatic carbocycles. The Morgan fingerprint density at radius 2 is 1.87 bits per heavy atom. The normalized spacial score (nSPS) is 19.4. The number of carboxylic acids is 1. The fraction of sp³-hybridized carbons (Fsp3) is 0.600. The Morgan fingerprint density at radius 1 is 1.16 bits per heavy atom. The molecule has 1 unspecified atom stereocenters. The standard InChI is InChI=1S/C25H30F5N5O3/c26-24(27)11-5-12-34(15-24)13-10-17(14-20(36)37)31-23(38)21-32-22(16-6-1-2-7-16)35(33-21)19-9-4-3-8-18(19)25(28,29)30/h3-4,8-9,16-17H,1-2,5-7,10-15H2,(H,31,38)(H,36,37). The number of nitrogens with zero attached hydrogens (tertiary/aromatic N) is 4. The minimum Gasteiger partial charge on any atom is -0.481 e. The number of rotatable bonds is 9. The van der Waals surface area contributed by atoms with Crippen molar-refractivity contribution in [2.45, 2.75) is 75.4 Å². The van der Waals surface area contributed by atoms with Crippen molar-refractivity contribution in [2.24, 2.45) is 0 Å². The van der Waals surface area contributed by atoms with Gasteiger partial charge in [0.2, 0.25) is 5.82 Å². The molecule has 4 rings (SSSR count). The third kappa shape index (κ3) is 6.86. The molecule has 2 aromatic rings. The zero-order valence-electron chi connectivity index (χ0n) is 20.7. The third-order valence-corrected chi connectivity index (χ3v) is 7.02. The molecular weight excluding hydrogens is 513 g/mol. The molecule has 1 aromatic carbocycles. The van der Waals surface area contributed by atoms with E-state index in [9.17, 15) is 36.6 Å². The predicted molar refractivity (Wildman–Crippen MR) is 126 cm³/mol. The van der Waals surface area contributed by atoms with Gasteiger partial charge in [-0.05, 0) is 44.4 Å². The molecule has 0 spiro atoms. The van der Waals surface area contributed by atoms with Crippen molar-refractivity contribution in [1.82, 2.24) is 25.0 Å². The summed E-state index contributed by atoms with van der Waals surface area (Å²) >= 11 is 0. The van der Waals surface area contributed by atoms with Crippen LogP contribution in [-0.4, -0.2) is 68.2 Å². The Bertz CT molecular complexity index is 1150. The van der Waals surface area contributed by atoms with Gasteiger partial charge in [0.05, 0.1) is 24.2 Å². The molecule has 2 aliphatic rings. The number of alkyl halides is 5. The highest BCUT2D eigenvalue weighted by atomic mass is 19.4. The number of likely N-dealkylation sites (tertiary alicyclic amines) is 1. The van der Waals surface area contributed by atoms with Crippen LogP contribution in [0.2, 0.25) is 0 Å². The molecule has 0 bridgehead atoms. The predicted octanol–water partition coefficient (Wildman–Crippen LogP) is 4.64. The average molecular weight is 544 g/mol. The number of hydrogen-bond donors (Lipinski definition) is 2. The number of para-hydroxylation sites is 1. The van der Waals surface area contributed by atoms with E-state index < -0.39 is 48.5 Å². The first-order valence-electron chi connectivity index (χ1n) is 12.7. The van der Waals surface area contributed by atoms with E-state index in [1.54, 1.807) is 0 Å². The first kappa shape index (κ1) is 27.9. The summed E-state index contributed by atoms with van der Waals surface area (Å²) in [5.74, 6) is -5.14. The summed E-state index contributed by atoms with van der Waals surface area (Å²) in [6.45, 7) is 0.163. The Morgan fingerprint density at radius 3 is 2.53 bits per heavy atom. The molecule has 208 valence electrons. The molecule has 1 atom stereocenters. The van der Waals surface area contributed by atoms with Crippen molar-refractivity contribution in [3.8, 4) is 5.69 Å². The number of piperidine rings is 1. The van der Waals surface area contributed by atoms with Gasteiger partial charge in [-0.15, -0.1) is 5.10 Å². The number of carbonyl (C=O) groups is 2. The SMILES string of the molecule is O=C(O)CC(CCN1CCCC(F)(F)C1)NC(=O)c1nc(C2CCCC2)n(-c2ccccc2C(F)(F)F)n1. The van der Waals surface area contributed by atoms with Crippen LogP contribution in [0.5, 0.6) is 0 Å². The van der Waals surface area contributed by atoms with E-state index in [2.05, 4.69) is 15.4 Å². The van der Waals surface area contributed by atoms with Crippen molar-refractivity contribution in [1.29, 1.82) is 0 Å². The summed E-state index contributed by atoms with van der Waals surface area (Å²) < 4.78 is 69.8. The summed E-state index contributed by atoms with van der Waals surface area (Å²) in [5.41, 5.74) is -1.17. The molecular formula is C25H30F5N5O3. The fourth-order valence-corrected chi connectivity index (χ4v) is 5.21. The molecule has 2 fully saturated rings. The molecule has 1 aromatic heterocycles. The second-order valence-corrected chi connectivity index (χ2v) is 9.99. The van der Waals surface area contributed by atoms with E-state index in [1.807, 2.05) is 0 Å². The van der Waals surface area contributed by atoms with Gasteiger partial charge in [-0.3, -0.25) is 14.5 Å². The summed E-state index contributed by atoms with van der Waals surface area (Å²) in [4.78, 5) is 30.3. The molecule has 38 heavy (non-hydrogen) atoms. The van der Waals surface area contributed by atoms with E-state index in [1.165, 1.54) is 23.1 Å². The van der Waals surface area contributed by atoms with E-state index >= 15 is 0 Å². The number of carbonyl (C=O) groups excluding carboxylic acids is 1. The van der Waals surface area contributed by atoms with Crippen LogP contribution in [0.4, 0.5) is 22.0 Å². The zero-order chi connectivity index (χ0) is 27.5. The Balaban J connectivity index is 1.57. The van der Waals surface area contributed by atoms with Crippen molar-refractivity contribution >= 4 is 11.9 Å².